The summed E-state index contributed by atoms with van der Waals surface area (Å²) in [6, 6.07) is 5.46. The molecular formula is C14H16F2N4O3S. The van der Waals surface area contributed by atoms with Crippen molar-refractivity contribution in [2.24, 2.45) is 5.14 Å². The maximum atomic E-state index is 12.6. The highest BCUT2D eigenvalue weighted by Crippen LogP contribution is 2.20. The second kappa shape index (κ2) is 6.65. The number of benzene rings is 1. The number of hydrogen-bond acceptors (Lipinski definition) is 4. The number of nitrogens with two attached hydrogens (primary N) is 1. The molecule has 2 aromatic rings. The van der Waals surface area contributed by atoms with Gasteiger partial charge in [-0.05, 0) is 37.6 Å². The monoisotopic (exact) mass is 358 g/mol. The summed E-state index contributed by atoms with van der Waals surface area (Å²) in [4.78, 5) is 11.9. The van der Waals surface area contributed by atoms with Crippen molar-refractivity contribution in [2.45, 2.75) is 31.7 Å². The van der Waals surface area contributed by atoms with Gasteiger partial charge in [0.15, 0.2) is 0 Å². The Kier molecular flexibility index (Phi) is 4.99. The molecule has 1 amide bonds. The Hall–Kier alpha value is -2.33. The topological polar surface area (TPSA) is 107 Å². The minimum Gasteiger partial charge on any atom is -0.324 e. The van der Waals surface area contributed by atoms with Crippen LogP contribution in [0.2, 0.25) is 0 Å². The zero-order valence-corrected chi connectivity index (χ0v) is 13.8. The molecule has 1 aromatic heterocycles. The molecule has 0 radical (unpaired) electrons. The summed E-state index contributed by atoms with van der Waals surface area (Å²) in [6.07, 6.45) is -2.72. The SMILES string of the molecule is Cc1ccc(NC(=O)Cn2nc(C(F)F)cc2C)cc1S(N)(=O)=O. The third kappa shape index (κ3) is 4.15. The number of sulfonamides is 1. The minimum absolute atomic E-state index is 0.101. The van der Waals surface area contributed by atoms with Gasteiger partial charge in [-0.1, -0.05) is 6.07 Å². The van der Waals surface area contributed by atoms with Crippen molar-refractivity contribution >= 4 is 21.6 Å². The van der Waals surface area contributed by atoms with Gasteiger partial charge < -0.3 is 5.32 Å². The third-order valence-electron chi connectivity index (χ3n) is 3.30. The van der Waals surface area contributed by atoms with Crippen LogP contribution in [-0.2, 0) is 21.4 Å². The Morgan fingerprint density at radius 1 is 1.33 bits per heavy atom. The van der Waals surface area contributed by atoms with E-state index in [1.165, 1.54) is 24.3 Å². The number of aryl methyl sites for hydroxylation is 2. The highest BCUT2D eigenvalue weighted by molar-refractivity contribution is 7.89. The number of alkyl halides is 2. The largest absolute Gasteiger partial charge is 0.324 e. The molecule has 0 unspecified atom stereocenters. The summed E-state index contributed by atoms with van der Waals surface area (Å²) in [6.45, 7) is 2.85. The molecule has 0 bridgehead atoms. The van der Waals surface area contributed by atoms with E-state index in [0.29, 0.717) is 11.3 Å². The molecular weight excluding hydrogens is 342 g/mol. The lowest BCUT2D eigenvalue weighted by Gasteiger charge is -2.09. The number of hydrogen-bond donors (Lipinski definition) is 2. The maximum absolute atomic E-state index is 12.6. The first kappa shape index (κ1) is 18.0. The number of halogens is 2. The number of nitrogens with zero attached hydrogens (tertiary/aromatic N) is 2. The van der Waals surface area contributed by atoms with E-state index in [2.05, 4.69) is 10.4 Å². The van der Waals surface area contributed by atoms with Crippen LogP contribution in [0.25, 0.3) is 0 Å². The van der Waals surface area contributed by atoms with Crippen molar-refractivity contribution in [3.05, 3.63) is 41.2 Å². The average molecular weight is 358 g/mol. The van der Waals surface area contributed by atoms with E-state index >= 15 is 0 Å². The quantitative estimate of drug-likeness (QED) is 0.848. The van der Waals surface area contributed by atoms with Gasteiger partial charge in [0.1, 0.15) is 12.2 Å². The molecule has 0 aliphatic rings. The van der Waals surface area contributed by atoms with Crippen LogP contribution in [0.1, 0.15) is 23.4 Å². The molecule has 7 nitrogen and oxygen atoms in total. The summed E-state index contributed by atoms with van der Waals surface area (Å²) in [5.41, 5.74) is 0.676. The summed E-state index contributed by atoms with van der Waals surface area (Å²) in [5, 5.41) is 11.2. The van der Waals surface area contributed by atoms with Crippen molar-refractivity contribution in [1.82, 2.24) is 9.78 Å². The van der Waals surface area contributed by atoms with Crippen molar-refractivity contribution in [2.75, 3.05) is 5.32 Å². The lowest BCUT2D eigenvalue weighted by molar-refractivity contribution is -0.117. The molecule has 3 N–H and O–H groups in total. The lowest BCUT2D eigenvalue weighted by Crippen LogP contribution is -2.21. The number of anilines is 1. The molecule has 0 aliphatic carbocycles. The summed E-state index contributed by atoms with van der Waals surface area (Å²) >= 11 is 0. The average Bonchev–Trinajstić information content (AvgIpc) is 2.81. The molecule has 10 heteroatoms. The zero-order chi connectivity index (χ0) is 18.1. The second-order valence-electron chi connectivity index (χ2n) is 5.24. The maximum Gasteiger partial charge on any atom is 0.282 e. The summed E-state index contributed by atoms with van der Waals surface area (Å²) in [7, 11) is -3.92. The number of nitrogens with one attached hydrogen (secondary N) is 1. The first-order chi connectivity index (χ1) is 11.1. The van der Waals surface area contributed by atoms with Gasteiger partial charge in [-0.25, -0.2) is 22.3 Å². The van der Waals surface area contributed by atoms with Crippen LogP contribution in [-0.4, -0.2) is 24.1 Å². The Morgan fingerprint density at radius 3 is 2.54 bits per heavy atom. The van der Waals surface area contributed by atoms with Crippen molar-refractivity contribution in [1.29, 1.82) is 0 Å². The molecule has 0 aliphatic heterocycles. The smallest absolute Gasteiger partial charge is 0.282 e. The number of rotatable bonds is 5. The fraction of sp³-hybridized carbons (Fsp3) is 0.286. The zero-order valence-electron chi connectivity index (χ0n) is 13.0. The highest BCUT2D eigenvalue weighted by atomic mass is 32.2. The normalized spacial score (nSPS) is 11.8. The van der Waals surface area contributed by atoms with Crippen LogP contribution in [0.15, 0.2) is 29.2 Å². The molecule has 24 heavy (non-hydrogen) atoms. The molecule has 2 rings (SSSR count). The van der Waals surface area contributed by atoms with Gasteiger partial charge in [-0.2, -0.15) is 5.10 Å². The first-order valence-electron chi connectivity index (χ1n) is 6.83. The number of carbonyl (C=O) groups excluding carboxylic acids is 1. The van der Waals surface area contributed by atoms with Crippen LogP contribution in [0, 0.1) is 13.8 Å². The number of primary sulfonamides is 1. The van der Waals surface area contributed by atoms with E-state index in [0.717, 1.165) is 4.68 Å². The molecule has 0 saturated heterocycles. The third-order valence-corrected chi connectivity index (χ3v) is 4.35. The van der Waals surface area contributed by atoms with Gasteiger partial charge >= 0.3 is 0 Å². The van der Waals surface area contributed by atoms with E-state index in [9.17, 15) is 22.0 Å². The lowest BCUT2D eigenvalue weighted by atomic mass is 10.2. The van der Waals surface area contributed by atoms with Crippen molar-refractivity contribution < 1.29 is 22.0 Å². The Labute approximate surface area is 137 Å². The Balaban J connectivity index is 2.16. The van der Waals surface area contributed by atoms with Crippen LogP contribution < -0.4 is 10.5 Å². The van der Waals surface area contributed by atoms with E-state index in [-0.39, 0.29) is 17.1 Å². The number of carbonyl (C=O) groups is 1. The highest BCUT2D eigenvalue weighted by Gasteiger charge is 2.16. The van der Waals surface area contributed by atoms with Crippen LogP contribution >= 0.6 is 0 Å². The molecule has 0 atom stereocenters. The van der Waals surface area contributed by atoms with E-state index in [1.54, 1.807) is 13.8 Å². The predicted molar refractivity (Wildman–Crippen MR) is 83.1 cm³/mol. The van der Waals surface area contributed by atoms with Crippen molar-refractivity contribution in [3.63, 3.8) is 0 Å². The number of aromatic nitrogens is 2. The van der Waals surface area contributed by atoms with Crippen LogP contribution in [0.3, 0.4) is 0 Å². The van der Waals surface area contributed by atoms with Crippen LogP contribution in [0.5, 0.6) is 0 Å². The molecule has 0 saturated carbocycles. The Bertz CT molecular complexity index is 878. The van der Waals surface area contributed by atoms with Gasteiger partial charge in [0.25, 0.3) is 6.43 Å². The van der Waals surface area contributed by atoms with Gasteiger partial charge in [0, 0.05) is 11.4 Å². The van der Waals surface area contributed by atoms with Gasteiger partial charge in [0.05, 0.1) is 4.90 Å². The molecule has 130 valence electrons. The molecule has 0 spiro atoms. The summed E-state index contributed by atoms with van der Waals surface area (Å²) < 4.78 is 49.3. The van der Waals surface area contributed by atoms with Crippen LogP contribution in [0.4, 0.5) is 14.5 Å². The van der Waals surface area contributed by atoms with Crippen molar-refractivity contribution in [3.8, 4) is 0 Å². The fourth-order valence-corrected chi connectivity index (χ4v) is 2.93. The predicted octanol–water partition coefficient (Wildman–Crippen LogP) is 1.72. The van der Waals surface area contributed by atoms with Gasteiger partial charge in [0.2, 0.25) is 15.9 Å². The molecule has 0 fully saturated rings. The first-order valence-corrected chi connectivity index (χ1v) is 8.38. The number of amides is 1. The van der Waals surface area contributed by atoms with Gasteiger partial charge in [-0.15, -0.1) is 0 Å². The van der Waals surface area contributed by atoms with E-state index < -0.39 is 28.0 Å². The standard InChI is InChI=1S/C14H16F2N4O3S/c1-8-3-4-10(6-12(8)24(17,22)23)18-13(21)7-20-9(2)5-11(19-20)14(15)16/h3-6,14H,7H2,1-2H3,(H,18,21)(H2,17,22,23). The van der Waals surface area contributed by atoms with Gasteiger partial charge in [-0.3, -0.25) is 9.48 Å². The second-order valence-corrected chi connectivity index (χ2v) is 6.77. The molecule has 1 heterocycles. The van der Waals surface area contributed by atoms with E-state index in [1.807, 2.05) is 0 Å². The molecule has 1 aromatic carbocycles. The fourth-order valence-electron chi connectivity index (χ4n) is 2.12. The van der Waals surface area contributed by atoms with E-state index in [4.69, 9.17) is 5.14 Å². The summed E-state index contributed by atoms with van der Waals surface area (Å²) in [5.74, 6) is -0.536. The minimum atomic E-state index is -3.92. The Morgan fingerprint density at radius 2 is 2.00 bits per heavy atom.